The van der Waals surface area contributed by atoms with E-state index in [1.54, 1.807) is 30.3 Å². The normalized spacial score (nSPS) is 16.3. The molecule has 3 amide bonds. The van der Waals surface area contributed by atoms with Gasteiger partial charge in [-0.25, -0.2) is 4.90 Å². The van der Waals surface area contributed by atoms with Crippen LogP contribution >= 0.6 is 23.2 Å². The van der Waals surface area contributed by atoms with Crippen LogP contribution in [0, 0.1) is 6.92 Å². The van der Waals surface area contributed by atoms with Crippen molar-refractivity contribution in [3.05, 3.63) is 105 Å². The number of carbonyl (C=O) groups excluding carboxylic acids is 3. The van der Waals surface area contributed by atoms with Crippen LogP contribution in [-0.4, -0.2) is 48.8 Å². The highest BCUT2D eigenvalue weighted by atomic mass is 35.5. The lowest BCUT2D eigenvalue weighted by molar-refractivity contribution is -0.917. The minimum Gasteiger partial charge on any atom is -0.350 e. The molecule has 200 valence electrons. The Kier molecular flexibility index (Phi) is 8.02. The molecule has 0 radical (unpaired) electrons. The van der Waals surface area contributed by atoms with Gasteiger partial charge >= 0.3 is 0 Å². The van der Waals surface area contributed by atoms with Crippen LogP contribution in [0.25, 0.3) is 0 Å². The number of piperazine rings is 1. The molecule has 0 aliphatic carbocycles. The van der Waals surface area contributed by atoms with Gasteiger partial charge in [0.1, 0.15) is 17.3 Å². The van der Waals surface area contributed by atoms with Crippen molar-refractivity contribution in [3.8, 4) is 0 Å². The maximum Gasteiger partial charge on any atom is 0.283 e. The minimum absolute atomic E-state index is 0.00179. The standard InChI is InChI=1S/C30H28Cl2N4O3/c1-20-7-12-24(18-25(20)31)36-29(38)27(32)28(30(36)39)33-23-10-8-21(9-11-23)17-26(37)35-15-13-34(14-16-35)19-22-5-3-2-4-6-22/h2-12,18,33H,13-17,19H2,1H3/p+1. The molecule has 2 aliphatic rings. The van der Waals surface area contributed by atoms with E-state index in [2.05, 4.69) is 29.6 Å². The Bertz CT molecular complexity index is 1430. The molecule has 0 aromatic heterocycles. The maximum absolute atomic E-state index is 13.0. The second-order valence-corrected chi connectivity index (χ2v) is 10.6. The molecule has 0 unspecified atom stereocenters. The molecule has 3 aromatic rings. The zero-order valence-corrected chi connectivity index (χ0v) is 23.1. The molecule has 5 rings (SSSR count). The first-order chi connectivity index (χ1) is 18.8. The Hall–Kier alpha value is -3.65. The first-order valence-corrected chi connectivity index (χ1v) is 13.6. The van der Waals surface area contributed by atoms with Crippen LogP contribution in [0.1, 0.15) is 16.7 Å². The highest BCUT2D eigenvalue weighted by Crippen LogP contribution is 2.32. The number of carbonyl (C=O) groups is 3. The number of hydrogen-bond donors (Lipinski definition) is 2. The largest absolute Gasteiger partial charge is 0.350 e. The van der Waals surface area contributed by atoms with E-state index in [9.17, 15) is 14.4 Å². The molecule has 9 heteroatoms. The summed E-state index contributed by atoms with van der Waals surface area (Å²) < 4.78 is 0. The summed E-state index contributed by atoms with van der Waals surface area (Å²) in [6.45, 7) is 6.15. The summed E-state index contributed by atoms with van der Waals surface area (Å²) in [5.74, 6) is -1.07. The summed E-state index contributed by atoms with van der Waals surface area (Å²) in [6, 6.07) is 22.6. The third kappa shape index (κ3) is 6.01. The summed E-state index contributed by atoms with van der Waals surface area (Å²) in [4.78, 5) is 43.1. The van der Waals surface area contributed by atoms with Crippen molar-refractivity contribution in [1.82, 2.24) is 4.90 Å². The van der Waals surface area contributed by atoms with E-state index in [4.69, 9.17) is 23.2 Å². The molecule has 2 aliphatic heterocycles. The fourth-order valence-electron chi connectivity index (χ4n) is 4.84. The quantitative estimate of drug-likeness (QED) is 0.431. The first kappa shape index (κ1) is 26.9. The number of halogens is 2. The molecule has 2 heterocycles. The van der Waals surface area contributed by atoms with Gasteiger partial charge < -0.3 is 15.1 Å². The van der Waals surface area contributed by atoms with E-state index >= 15 is 0 Å². The van der Waals surface area contributed by atoms with Gasteiger partial charge in [-0.05, 0) is 42.3 Å². The predicted molar refractivity (Wildman–Crippen MR) is 153 cm³/mol. The Morgan fingerprint density at radius 3 is 2.26 bits per heavy atom. The smallest absolute Gasteiger partial charge is 0.283 e. The highest BCUT2D eigenvalue weighted by molar-refractivity contribution is 6.53. The summed E-state index contributed by atoms with van der Waals surface area (Å²) >= 11 is 12.4. The molecule has 1 fully saturated rings. The Morgan fingerprint density at radius 2 is 1.59 bits per heavy atom. The number of nitrogens with one attached hydrogen (secondary N) is 2. The number of quaternary nitrogens is 1. The number of benzene rings is 3. The van der Waals surface area contributed by atoms with E-state index in [0.29, 0.717) is 22.8 Å². The molecule has 0 bridgehead atoms. The van der Waals surface area contributed by atoms with Crippen LogP contribution in [-0.2, 0) is 27.3 Å². The molecule has 0 atom stereocenters. The monoisotopic (exact) mass is 563 g/mol. The van der Waals surface area contributed by atoms with Crippen molar-refractivity contribution < 1.29 is 19.3 Å². The third-order valence-electron chi connectivity index (χ3n) is 7.14. The lowest BCUT2D eigenvalue weighted by Crippen LogP contribution is -3.13. The lowest BCUT2D eigenvalue weighted by Gasteiger charge is -2.32. The number of imide groups is 1. The number of nitrogens with zero attached hydrogens (tertiary/aromatic N) is 2. The van der Waals surface area contributed by atoms with Crippen molar-refractivity contribution >= 4 is 52.3 Å². The summed E-state index contributed by atoms with van der Waals surface area (Å²) in [6.07, 6.45) is 0.303. The Balaban J connectivity index is 1.16. The molecule has 1 saturated heterocycles. The molecule has 0 saturated carbocycles. The van der Waals surface area contributed by atoms with Gasteiger partial charge in [0.15, 0.2) is 0 Å². The summed E-state index contributed by atoms with van der Waals surface area (Å²) in [5.41, 5.74) is 3.96. The van der Waals surface area contributed by atoms with Crippen LogP contribution in [0.2, 0.25) is 5.02 Å². The number of amides is 3. The average molecular weight is 564 g/mol. The van der Waals surface area contributed by atoms with Crippen molar-refractivity contribution in [2.75, 3.05) is 36.4 Å². The zero-order valence-electron chi connectivity index (χ0n) is 21.5. The third-order valence-corrected chi connectivity index (χ3v) is 7.90. The topological polar surface area (TPSA) is 74.2 Å². The highest BCUT2D eigenvalue weighted by Gasteiger charge is 2.39. The number of aryl methyl sites for hydroxylation is 1. The van der Waals surface area contributed by atoms with E-state index in [1.165, 1.54) is 10.5 Å². The Labute approximate surface area is 237 Å². The first-order valence-electron chi connectivity index (χ1n) is 12.9. The molecule has 39 heavy (non-hydrogen) atoms. The van der Waals surface area contributed by atoms with Gasteiger partial charge in [0, 0.05) is 16.3 Å². The van der Waals surface area contributed by atoms with Crippen molar-refractivity contribution in [2.45, 2.75) is 19.9 Å². The molecule has 0 spiro atoms. The van der Waals surface area contributed by atoms with Gasteiger partial charge in [0.25, 0.3) is 11.8 Å². The zero-order chi connectivity index (χ0) is 27.5. The van der Waals surface area contributed by atoms with Crippen LogP contribution in [0.5, 0.6) is 0 Å². The lowest BCUT2D eigenvalue weighted by atomic mass is 10.1. The summed E-state index contributed by atoms with van der Waals surface area (Å²) in [5, 5.41) is 3.23. The molecule has 2 N–H and O–H groups in total. The molecule has 3 aromatic carbocycles. The number of anilines is 2. The predicted octanol–water partition coefficient (Wildman–Crippen LogP) is 3.55. The summed E-state index contributed by atoms with van der Waals surface area (Å²) in [7, 11) is 0. The van der Waals surface area contributed by atoms with Gasteiger partial charge in [-0.1, -0.05) is 71.7 Å². The van der Waals surface area contributed by atoms with Crippen LogP contribution < -0.4 is 15.1 Å². The van der Waals surface area contributed by atoms with Crippen molar-refractivity contribution in [1.29, 1.82) is 0 Å². The SMILES string of the molecule is Cc1ccc(N2C(=O)C(Cl)=C(Nc3ccc(CC(=O)N4CC[NH+](Cc5ccccc5)CC4)cc3)C2=O)cc1Cl. The fraction of sp³-hybridized carbons (Fsp3) is 0.233. The van der Waals surface area contributed by atoms with Gasteiger partial charge in [-0.15, -0.1) is 0 Å². The molecule has 7 nitrogen and oxygen atoms in total. The minimum atomic E-state index is -0.614. The van der Waals surface area contributed by atoms with Gasteiger partial charge in [0.05, 0.1) is 38.3 Å². The average Bonchev–Trinajstić information content (AvgIpc) is 3.15. The Morgan fingerprint density at radius 1 is 0.897 bits per heavy atom. The van der Waals surface area contributed by atoms with Gasteiger partial charge in [-0.2, -0.15) is 0 Å². The number of rotatable bonds is 7. The van der Waals surface area contributed by atoms with Crippen molar-refractivity contribution in [3.63, 3.8) is 0 Å². The van der Waals surface area contributed by atoms with Crippen LogP contribution in [0.4, 0.5) is 11.4 Å². The van der Waals surface area contributed by atoms with Crippen LogP contribution in [0.3, 0.4) is 0 Å². The van der Waals surface area contributed by atoms with Crippen LogP contribution in [0.15, 0.2) is 83.5 Å². The van der Waals surface area contributed by atoms with E-state index in [1.807, 2.05) is 30.0 Å². The second-order valence-electron chi connectivity index (χ2n) is 9.86. The van der Waals surface area contributed by atoms with E-state index < -0.39 is 11.8 Å². The molecular weight excluding hydrogens is 535 g/mol. The molecular formula is C30H29Cl2N4O3+. The second kappa shape index (κ2) is 11.6. The van der Waals surface area contributed by atoms with E-state index in [-0.39, 0.29) is 16.6 Å². The fourth-order valence-corrected chi connectivity index (χ4v) is 5.22. The number of hydrogen-bond acceptors (Lipinski definition) is 4. The van der Waals surface area contributed by atoms with Gasteiger partial charge in [-0.3, -0.25) is 14.4 Å². The van der Waals surface area contributed by atoms with Gasteiger partial charge in [0.2, 0.25) is 5.91 Å². The maximum atomic E-state index is 13.0. The van der Waals surface area contributed by atoms with E-state index in [0.717, 1.165) is 48.8 Å². The van der Waals surface area contributed by atoms with Crippen molar-refractivity contribution in [2.24, 2.45) is 0 Å².